The number of imide groups is 1. The summed E-state index contributed by atoms with van der Waals surface area (Å²) in [7, 11) is 0. The van der Waals surface area contributed by atoms with E-state index in [9.17, 15) is 14.4 Å². The molecule has 1 heterocycles. The summed E-state index contributed by atoms with van der Waals surface area (Å²) in [5.74, 6) is -1.41. The summed E-state index contributed by atoms with van der Waals surface area (Å²) in [5.41, 5.74) is 0. The molecule has 1 aliphatic carbocycles. The van der Waals surface area contributed by atoms with Crippen molar-refractivity contribution >= 4 is 28.8 Å². The van der Waals surface area contributed by atoms with E-state index in [1.54, 1.807) is 0 Å². The van der Waals surface area contributed by atoms with E-state index in [0.29, 0.717) is 6.54 Å². The van der Waals surface area contributed by atoms with Crippen LogP contribution in [-0.2, 0) is 9.59 Å². The minimum atomic E-state index is -0.876. The number of carbonyl (C=O) groups is 3. The number of carbonyl (C=O) groups excluding carboxylic acids is 3. The second-order valence-electron chi connectivity index (χ2n) is 3.44. The van der Waals surface area contributed by atoms with E-state index in [1.165, 1.54) is 4.90 Å². The molecule has 3 amide bonds. The van der Waals surface area contributed by atoms with Gasteiger partial charge in [0.15, 0.2) is 0 Å². The summed E-state index contributed by atoms with van der Waals surface area (Å²) in [6, 6.07) is 0.207. The van der Waals surface area contributed by atoms with Gasteiger partial charge in [-0.1, -0.05) is 0 Å². The molecule has 0 aromatic carbocycles. The van der Waals surface area contributed by atoms with Gasteiger partial charge in [-0.15, -0.1) is 0 Å². The van der Waals surface area contributed by atoms with Crippen LogP contribution in [0.1, 0.15) is 12.8 Å². The lowest BCUT2D eigenvalue weighted by molar-refractivity contribution is -0.153. The molecule has 0 aromatic heterocycles. The fourth-order valence-corrected chi connectivity index (χ4v) is 1.71. The minimum Gasteiger partial charge on any atom is -0.330 e. The fraction of sp³-hybridized carbons (Fsp3) is 0.625. The zero-order valence-corrected chi connectivity index (χ0v) is 8.16. The second-order valence-corrected chi connectivity index (χ2v) is 3.76. The van der Waals surface area contributed by atoms with Gasteiger partial charge in [-0.25, -0.2) is 0 Å². The lowest BCUT2D eigenvalue weighted by Crippen LogP contribution is -2.55. The Balaban J connectivity index is 2.10. The lowest BCUT2D eigenvalue weighted by atomic mass is 10.3. The highest BCUT2D eigenvalue weighted by Crippen LogP contribution is 2.28. The largest absolute Gasteiger partial charge is 0.330 e. The first-order valence-corrected chi connectivity index (χ1v) is 4.81. The Morgan fingerprint density at radius 2 is 1.86 bits per heavy atom. The van der Waals surface area contributed by atoms with Gasteiger partial charge < -0.3 is 4.90 Å². The highest BCUT2D eigenvalue weighted by atomic mass is 35.5. The van der Waals surface area contributed by atoms with Crippen molar-refractivity contribution in [1.82, 2.24) is 9.80 Å². The highest BCUT2D eigenvalue weighted by molar-refractivity contribution is 6.65. The van der Waals surface area contributed by atoms with E-state index < -0.39 is 17.2 Å². The summed E-state index contributed by atoms with van der Waals surface area (Å²) in [5, 5.41) is -0.876. The van der Waals surface area contributed by atoms with E-state index in [0.717, 1.165) is 17.7 Å². The maximum absolute atomic E-state index is 11.4. The van der Waals surface area contributed by atoms with E-state index >= 15 is 0 Å². The van der Waals surface area contributed by atoms with Crippen LogP contribution in [0.25, 0.3) is 0 Å². The molecule has 0 aromatic rings. The average molecular weight is 217 g/mol. The van der Waals surface area contributed by atoms with Crippen molar-refractivity contribution in [3.63, 3.8) is 0 Å². The van der Waals surface area contributed by atoms with Gasteiger partial charge in [-0.2, -0.15) is 0 Å². The van der Waals surface area contributed by atoms with Gasteiger partial charge in [0.2, 0.25) is 0 Å². The van der Waals surface area contributed by atoms with Crippen molar-refractivity contribution in [2.24, 2.45) is 0 Å². The van der Waals surface area contributed by atoms with Crippen LogP contribution in [0.4, 0.5) is 4.79 Å². The van der Waals surface area contributed by atoms with Gasteiger partial charge in [-0.05, 0) is 24.4 Å². The molecule has 0 radical (unpaired) electrons. The van der Waals surface area contributed by atoms with E-state index in [4.69, 9.17) is 11.6 Å². The van der Waals surface area contributed by atoms with Crippen molar-refractivity contribution < 1.29 is 14.4 Å². The van der Waals surface area contributed by atoms with Crippen LogP contribution in [0, 0.1) is 0 Å². The number of nitrogens with zero attached hydrogens (tertiary/aromatic N) is 2. The molecule has 1 aliphatic heterocycles. The molecule has 0 bridgehead atoms. The molecule has 1 saturated heterocycles. The minimum absolute atomic E-state index is 0.207. The van der Waals surface area contributed by atoms with Crippen LogP contribution in [0.15, 0.2) is 0 Å². The third-order valence-electron chi connectivity index (χ3n) is 2.45. The molecule has 76 valence electrons. The normalized spacial score (nSPS) is 22.9. The van der Waals surface area contributed by atoms with Crippen LogP contribution in [0.2, 0.25) is 0 Å². The third kappa shape index (κ3) is 1.48. The molecule has 2 fully saturated rings. The highest BCUT2D eigenvalue weighted by Gasteiger charge is 2.41. The van der Waals surface area contributed by atoms with Crippen LogP contribution < -0.4 is 0 Å². The van der Waals surface area contributed by atoms with Gasteiger partial charge in [0.25, 0.3) is 0 Å². The predicted octanol–water partition coefficient (Wildman–Crippen LogP) is 0.178. The molecule has 0 N–H and O–H groups in total. The smallest absolute Gasteiger partial charge is 0.323 e. The van der Waals surface area contributed by atoms with Crippen molar-refractivity contribution in [2.45, 2.75) is 18.9 Å². The predicted molar refractivity (Wildman–Crippen MR) is 47.7 cm³/mol. The average Bonchev–Trinajstić information content (AvgIpc) is 2.92. The Bertz CT molecular complexity index is 314. The first-order valence-electron chi connectivity index (χ1n) is 4.43. The maximum atomic E-state index is 11.4. The van der Waals surface area contributed by atoms with Gasteiger partial charge in [0.05, 0.1) is 0 Å². The Labute approximate surface area is 85.6 Å². The zero-order chi connectivity index (χ0) is 10.3. The van der Waals surface area contributed by atoms with Crippen molar-refractivity contribution in [3.8, 4) is 0 Å². The van der Waals surface area contributed by atoms with Gasteiger partial charge in [0.1, 0.15) is 0 Å². The Kier molecular flexibility index (Phi) is 2.19. The topological polar surface area (TPSA) is 57.7 Å². The van der Waals surface area contributed by atoms with E-state index in [2.05, 4.69) is 0 Å². The number of rotatable bonds is 1. The quantitative estimate of drug-likeness (QED) is 0.357. The molecule has 0 atom stereocenters. The van der Waals surface area contributed by atoms with Crippen LogP contribution in [0.5, 0.6) is 0 Å². The van der Waals surface area contributed by atoms with E-state index in [-0.39, 0.29) is 12.6 Å². The van der Waals surface area contributed by atoms with Crippen LogP contribution in [0.3, 0.4) is 0 Å². The van der Waals surface area contributed by atoms with Crippen LogP contribution in [-0.4, -0.2) is 46.1 Å². The summed E-state index contributed by atoms with van der Waals surface area (Å²) < 4.78 is 0. The molecule has 2 rings (SSSR count). The summed E-state index contributed by atoms with van der Waals surface area (Å²) in [6.07, 6.45) is 1.90. The Hall–Kier alpha value is -1.10. The number of halogens is 1. The molecule has 14 heavy (non-hydrogen) atoms. The number of piperazine rings is 1. The first kappa shape index (κ1) is 9.45. The van der Waals surface area contributed by atoms with Crippen LogP contribution >= 0.6 is 11.6 Å². The molecule has 6 heteroatoms. The summed E-state index contributed by atoms with van der Waals surface area (Å²) >= 11 is 5.16. The van der Waals surface area contributed by atoms with Gasteiger partial charge in [-0.3, -0.25) is 19.3 Å². The van der Waals surface area contributed by atoms with Crippen molar-refractivity contribution in [1.29, 1.82) is 0 Å². The maximum Gasteiger partial charge on any atom is 0.323 e. The van der Waals surface area contributed by atoms with Gasteiger partial charge >= 0.3 is 17.2 Å². The SMILES string of the molecule is O=C(Cl)N1CCN(C2CC2)C(=O)C1=O. The molecule has 0 spiro atoms. The molecular weight excluding hydrogens is 208 g/mol. The summed E-state index contributed by atoms with van der Waals surface area (Å²) in [6.45, 7) is 0.622. The molecular formula is C8H9ClN2O3. The molecule has 2 aliphatic rings. The summed E-state index contributed by atoms with van der Waals surface area (Å²) in [4.78, 5) is 35.8. The lowest BCUT2D eigenvalue weighted by Gasteiger charge is -2.31. The number of hydrogen-bond acceptors (Lipinski definition) is 3. The first-order chi connectivity index (χ1) is 6.61. The number of amides is 3. The standard InChI is InChI=1S/C8H9ClN2O3/c9-8(14)11-4-3-10(5-1-2-5)6(12)7(11)13/h5H,1-4H2. The van der Waals surface area contributed by atoms with Gasteiger partial charge in [0, 0.05) is 19.1 Å². The molecule has 1 saturated carbocycles. The monoisotopic (exact) mass is 216 g/mol. The van der Waals surface area contributed by atoms with Crippen molar-refractivity contribution in [3.05, 3.63) is 0 Å². The second kappa shape index (κ2) is 3.24. The van der Waals surface area contributed by atoms with E-state index in [1.807, 2.05) is 0 Å². The fourth-order valence-electron chi connectivity index (χ4n) is 1.55. The molecule has 0 unspecified atom stereocenters. The molecule has 5 nitrogen and oxygen atoms in total. The third-order valence-corrected chi connectivity index (χ3v) is 2.66. The Morgan fingerprint density at radius 1 is 1.21 bits per heavy atom. The van der Waals surface area contributed by atoms with Crippen molar-refractivity contribution in [2.75, 3.05) is 13.1 Å². The number of hydrogen-bond donors (Lipinski definition) is 0. The Morgan fingerprint density at radius 3 is 2.36 bits per heavy atom. The zero-order valence-electron chi connectivity index (χ0n) is 7.40.